The lowest BCUT2D eigenvalue weighted by Gasteiger charge is -2.31. The Balaban J connectivity index is 1.36. The Morgan fingerprint density at radius 2 is 1.74 bits per heavy atom. The van der Waals surface area contributed by atoms with Gasteiger partial charge in [-0.15, -0.1) is 10.2 Å². The average Bonchev–Trinajstić information content (AvgIpc) is 3.34. The van der Waals surface area contributed by atoms with E-state index in [9.17, 15) is 4.79 Å². The van der Waals surface area contributed by atoms with E-state index in [2.05, 4.69) is 44.0 Å². The van der Waals surface area contributed by atoms with Crippen molar-refractivity contribution in [3.8, 4) is 17.2 Å². The molecule has 1 aliphatic heterocycles. The van der Waals surface area contributed by atoms with Gasteiger partial charge in [-0.25, -0.2) is 0 Å². The van der Waals surface area contributed by atoms with Crippen LogP contribution >= 0.6 is 11.8 Å². The number of carbonyl (C=O) groups excluding carboxylic acids is 1. The highest BCUT2D eigenvalue weighted by Crippen LogP contribution is 2.29. The number of aromatic nitrogens is 3. The summed E-state index contributed by atoms with van der Waals surface area (Å²) in [5.41, 5.74) is 1.00. The van der Waals surface area contributed by atoms with Crippen LogP contribution in [0.2, 0.25) is 0 Å². The lowest BCUT2D eigenvalue weighted by Crippen LogP contribution is -2.33. The fraction of sp³-hybridized carbons (Fsp3) is 0.423. The van der Waals surface area contributed by atoms with Crippen molar-refractivity contribution < 1.29 is 14.3 Å². The van der Waals surface area contributed by atoms with Crippen LogP contribution in [-0.4, -0.2) is 64.7 Å². The second kappa shape index (κ2) is 12.6. The Morgan fingerprint density at radius 3 is 2.49 bits per heavy atom. The molecule has 35 heavy (non-hydrogen) atoms. The van der Waals surface area contributed by atoms with Crippen LogP contribution in [0.5, 0.6) is 11.5 Å². The topological polar surface area (TPSA) is 81.5 Å². The molecule has 0 spiro atoms. The van der Waals surface area contributed by atoms with Crippen molar-refractivity contribution in [3.63, 3.8) is 0 Å². The number of ether oxygens (including phenoxy) is 2. The third kappa shape index (κ3) is 6.55. The molecule has 1 aliphatic rings. The van der Waals surface area contributed by atoms with Crippen molar-refractivity contribution >= 4 is 17.7 Å². The number of nitrogens with one attached hydrogen (secondary N) is 1. The van der Waals surface area contributed by atoms with Crippen molar-refractivity contribution in [1.82, 2.24) is 25.0 Å². The zero-order valence-corrected chi connectivity index (χ0v) is 21.2. The van der Waals surface area contributed by atoms with Crippen LogP contribution in [0.25, 0.3) is 5.69 Å². The van der Waals surface area contributed by atoms with Gasteiger partial charge in [-0.3, -0.25) is 14.3 Å². The summed E-state index contributed by atoms with van der Waals surface area (Å²) in [5, 5.41) is 12.7. The molecule has 0 unspecified atom stereocenters. The number of piperidine rings is 1. The van der Waals surface area contributed by atoms with Gasteiger partial charge in [0.2, 0.25) is 5.91 Å². The number of methoxy groups -OCH3 is 1. The number of nitrogens with zero attached hydrogens (tertiary/aromatic N) is 4. The first-order valence-corrected chi connectivity index (χ1v) is 13.1. The molecule has 2 aromatic carbocycles. The monoisotopic (exact) mass is 495 g/mol. The van der Waals surface area contributed by atoms with E-state index in [1.54, 1.807) is 7.11 Å². The predicted octanol–water partition coefficient (Wildman–Crippen LogP) is 4.11. The van der Waals surface area contributed by atoms with E-state index in [1.807, 2.05) is 42.5 Å². The first-order chi connectivity index (χ1) is 17.2. The van der Waals surface area contributed by atoms with Gasteiger partial charge in [0.1, 0.15) is 6.61 Å². The van der Waals surface area contributed by atoms with Gasteiger partial charge in [0.25, 0.3) is 0 Å². The molecule has 1 atom stereocenters. The molecule has 0 aliphatic carbocycles. The number of para-hydroxylation sites is 3. The molecule has 1 saturated heterocycles. The zero-order valence-electron chi connectivity index (χ0n) is 20.4. The summed E-state index contributed by atoms with van der Waals surface area (Å²) in [5.74, 6) is 2.41. The van der Waals surface area contributed by atoms with Crippen LogP contribution in [-0.2, 0) is 4.79 Å². The lowest BCUT2D eigenvalue weighted by atomic mass is 10.1. The standard InChI is InChI=1S/C26H33N5O3S/c1-20(30-16-9-4-10-17-30)25-28-29-26(31(25)21-11-5-3-6-12-21)35-19-24(32)27-15-18-34-23-14-8-7-13-22(23)33-2/h3,5-8,11-14,20H,4,9-10,15-19H2,1-2H3,(H,27,32)/t20-/m1/s1. The number of thioether (sulfide) groups is 1. The molecule has 0 bridgehead atoms. The SMILES string of the molecule is COc1ccccc1OCCNC(=O)CSc1nnc([C@@H](C)N2CCCCC2)n1-c1ccccc1. The van der Waals surface area contributed by atoms with Gasteiger partial charge in [-0.05, 0) is 57.1 Å². The van der Waals surface area contributed by atoms with Gasteiger partial charge in [-0.2, -0.15) is 0 Å². The molecule has 186 valence electrons. The number of hydrogen-bond donors (Lipinski definition) is 1. The Morgan fingerprint density at radius 1 is 1.03 bits per heavy atom. The molecule has 9 heteroatoms. The van der Waals surface area contributed by atoms with Crippen LogP contribution in [0.15, 0.2) is 59.8 Å². The van der Waals surface area contributed by atoms with Crippen LogP contribution in [0.1, 0.15) is 38.1 Å². The predicted molar refractivity (Wildman–Crippen MR) is 137 cm³/mol. The molecule has 8 nitrogen and oxygen atoms in total. The number of benzene rings is 2. The maximum atomic E-state index is 12.5. The van der Waals surface area contributed by atoms with Crippen molar-refractivity contribution in [2.45, 2.75) is 37.4 Å². The summed E-state index contributed by atoms with van der Waals surface area (Å²) < 4.78 is 13.1. The van der Waals surface area contributed by atoms with Crippen molar-refractivity contribution in [2.75, 3.05) is 39.1 Å². The third-order valence-electron chi connectivity index (χ3n) is 6.07. The molecule has 2 heterocycles. The summed E-state index contributed by atoms with van der Waals surface area (Å²) in [4.78, 5) is 15.0. The lowest BCUT2D eigenvalue weighted by molar-refractivity contribution is -0.118. The molecule has 0 radical (unpaired) electrons. The van der Waals surface area contributed by atoms with E-state index in [-0.39, 0.29) is 17.7 Å². The van der Waals surface area contributed by atoms with E-state index >= 15 is 0 Å². The Bertz CT molecular complexity index is 1090. The quantitative estimate of drug-likeness (QED) is 0.317. The number of hydrogen-bond acceptors (Lipinski definition) is 7. The molecule has 1 amide bonds. The molecule has 1 fully saturated rings. The fourth-order valence-electron chi connectivity index (χ4n) is 4.20. The molecule has 1 aromatic heterocycles. The first-order valence-electron chi connectivity index (χ1n) is 12.1. The summed E-state index contributed by atoms with van der Waals surface area (Å²) >= 11 is 1.39. The number of rotatable bonds is 11. The highest BCUT2D eigenvalue weighted by atomic mass is 32.2. The number of likely N-dealkylation sites (tertiary alicyclic amines) is 1. The van der Waals surface area contributed by atoms with Crippen LogP contribution in [0.4, 0.5) is 0 Å². The van der Waals surface area contributed by atoms with Gasteiger partial charge in [0.05, 0.1) is 25.4 Å². The molecule has 4 rings (SSSR count). The third-order valence-corrected chi connectivity index (χ3v) is 7.00. The average molecular weight is 496 g/mol. The van der Waals surface area contributed by atoms with E-state index in [4.69, 9.17) is 9.47 Å². The Hall–Kier alpha value is -3.04. The molecule has 1 N–H and O–H groups in total. The second-order valence-electron chi connectivity index (χ2n) is 8.42. The summed E-state index contributed by atoms with van der Waals surface area (Å²) in [6.07, 6.45) is 3.72. The maximum Gasteiger partial charge on any atom is 0.230 e. The minimum atomic E-state index is -0.0770. The summed E-state index contributed by atoms with van der Waals surface area (Å²) in [7, 11) is 1.61. The number of amides is 1. The van der Waals surface area contributed by atoms with Crippen molar-refractivity contribution in [2.24, 2.45) is 0 Å². The van der Waals surface area contributed by atoms with Gasteiger partial charge in [0.15, 0.2) is 22.5 Å². The van der Waals surface area contributed by atoms with E-state index in [1.165, 1.54) is 31.0 Å². The minimum Gasteiger partial charge on any atom is -0.493 e. The van der Waals surface area contributed by atoms with Gasteiger partial charge < -0.3 is 14.8 Å². The van der Waals surface area contributed by atoms with Gasteiger partial charge in [-0.1, -0.05) is 48.5 Å². The highest BCUT2D eigenvalue weighted by molar-refractivity contribution is 7.99. The smallest absolute Gasteiger partial charge is 0.230 e. The summed E-state index contributed by atoms with van der Waals surface area (Å²) in [6, 6.07) is 17.7. The van der Waals surface area contributed by atoms with E-state index in [0.717, 1.165) is 29.8 Å². The summed E-state index contributed by atoms with van der Waals surface area (Å²) in [6.45, 7) is 5.10. The second-order valence-corrected chi connectivity index (χ2v) is 9.36. The molecule has 0 saturated carbocycles. The van der Waals surface area contributed by atoms with Crippen LogP contribution < -0.4 is 14.8 Å². The minimum absolute atomic E-state index is 0.0770. The first kappa shape index (κ1) is 25.1. The largest absolute Gasteiger partial charge is 0.493 e. The highest BCUT2D eigenvalue weighted by Gasteiger charge is 2.25. The number of carbonyl (C=O) groups is 1. The van der Waals surface area contributed by atoms with E-state index in [0.29, 0.717) is 24.7 Å². The molecular formula is C26H33N5O3S. The van der Waals surface area contributed by atoms with E-state index < -0.39 is 0 Å². The van der Waals surface area contributed by atoms with Crippen molar-refractivity contribution in [1.29, 1.82) is 0 Å². The van der Waals surface area contributed by atoms with Gasteiger partial charge in [0, 0.05) is 5.69 Å². The normalized spacial score (nSPS) is 14.9. The molecule has 3 aromatic rings. The fourth-order valence-corrected chi connectivity index (χ4v) is 4.99. The van der Waals surface area contributed by atoms with Crippen molar-refractivity contribution in [3.05, 3.63) is 60.4 Å². The Kier molecular flexibility index (Phi) is 9.02. The zero-order chi connectivity index (χ0) is 24.5. The Labute approximate surface area is 211 Å². The van der Waals surface area contributed by atoms with Crippen LogP contribution in [0.3, 0.4) is 0 Å². The maximum absolute atomic E-state index is 12.5. The van der Waals surface area contributed by atoms with Gasteiger partial charge >= 0.3 is 0 Å². The molecular weight excluding hydrogens is 462 g/mol. The van der Waals surface area contributed by atoms with Crippen LogP contribution in [0, 0.1) is 0 Å².